The van der Waals surface area contributed by atoms with Crippen LogP contribution >= 0.6 is 11.8 Å². The van der Waals surface area contributed by atoms with Crippen LogP contribution in [0.3, 0.4) is 0 Å². The van der Waals surface area contributed by atoms with Crippen molar-refractivity contribution in [2.75, 3.05) is 10.7 Å². The molecule has 0 unspecified atom stereocenters. The topological polar surface area (TPSA) is 64.2 Å². The van der Waals surface area contributed by atoms with Gasteiger partial charge < -0.3 is 13.9 Å². The minimum atomic E-state index is 0.0120. The first-order valence-corrected chi connectivity index (χ1v) is 9.20. The van der Waals surface area contributed by atoms with Gasteiger partial charge >= 0.3 is 0 Å². The first-order valence-electron chi connectivity index (χ1n) is 8.21. The maximum absolute atomic E-state index is 12.9. The van der Waals surface area contributed by atoms with Gasteiger partial charge in [-0.3, -0.25) is 4.79 Å². The van der Waals surface area contributed by atoms with Crippen molar-refractivity contribution in [2.24, 2.45) is 0 Å². The molecule has 4 rings (SSSR count). The summed E-state index contributed by atoms with van der Waals surface area (Å²) >= 11 is 1.43. The molecule has 7 heteroatoms. The molecule has 2 aromatic heterocycles. The minimum Gasteiger partial charge on any atom is -0.467 e. The van der Waals surface area contributed by atoms with Crippen LogP contribution < -0.4 is 4.90 Å². The number of amides is 1. The molecule has 0 bridgehead atoms. The Morgan fingerprint density at radius 3 is 2.80 bits per heavy atom. The van der Waals surface area contributed by atoms with Crippen molar-refractivity contribution in [3.8, 4) is 0 Å². The van der Waals surface area contributed by atoms with Crippen LogP contribution in [0.4, 0.5) is 5.69 Å². The average molecular weight is 354 g/mol. The van der Waals surface area contributed by atoms with Crippen LogP contribution in [0.5, 0.6) is 0 Å². The van der Waals surface area contributed by atoms with Crippen LogP contribution in [0, 0.1) is 0 Å². The predicted molar refractivity (Wildman–Crippen MR) is 95.4 cm³/mol. The molecule has 1 amide bonds. The van der Waals surface area contributed by atoms with Gasteiger partial charge in [0.1, 0.15) is 12.1 Å². The summed E-state index contributed by atoms with van der Waals surface area (Å²) in [6.07, 6.45) is 5.69. The Labute approximate surface area is 149 Å². The Hall–Kier alpha value is -2.54. The van der Waals surface area contributed by atoms with Crippen molar-refractivity contribution in [3.05, 3.63) is 60.8 Å². The maximum Gasteiger partial charge on any atom is 0.237 e. The lowest BCUT2D eigenvalue weighted by atomic mass is 10.2. The van der Waals surface area contributed by atoms with Gasteiger partial charge in [-0.25, -0.2) is 0 Å². The summed E-state index contributed by atoms with van der Waals surface area (Å²) in [6, 6.07) is 13.8. The van der Waals surface area contributed by atoms with Gasteiger partial charge in [-0.1, -0.05) is 30.0 Å². The number of anilines is 1. The highest BCUT2D eigenvalue weighted by Crippen LogP contribution is 2.37. The highest BCUT2D eigenvalue weighted by atomic mass is 32.2. The van der Waals surface area contributed by atoms with E-state index < -0.39 is 0 Å². The molecule has 1 saturated carbocycles. The molecule has 0 saturated heterocycles. The van der Waals surface area contributed by atoms with E-state index in [0.717, 1.165) is 29.4 Å². The maximum atomic E-state index is 12.9. The number of hydrogen-bond donors (Lipinski definition) is 0. The number of furan rings is 1. The number of rotatable bonds is 7. The van der Waals surface area contributed by atoms with Gasteiger partial charge in [0, 0.05) is 11.7 Å². The normalized spacial score (nSPS) is 13.8. The molecular formula is C18H18N4O2S. The summed E-state index contributed by atoms with van der Waals surface area (Å²) in [7, 11) is 0. The van der Waals surface area contributed by atoms with E-state index in [0.29, 0.717) is 18.3 Å². The van der Waals surface area contributed by atoms with E-state index in [1.54, 1.807) is 17.5 Å². The molecule has 1 fully saturated rings. The third kappa shape index (κ3) is 3.76. The fourth-order valence-corrected chi connectivity index (χ4v) is 3.49. The highest BCUT2D eigenvalue weighted by molar-refractivity contribution is 7.99. The van der Waals surface area contributed by atoms with E-state index in [2.05, 4.69) is 14.8 Å². The number of hydrogen-bond acceptors (Lipinski definition) is 5. The Morgan fingerprint density at radius 2 is 2.08 bits per heavy atom. The monoisotopic (exact) mass is 354 g/mol. The van der Waals surface area contributed by atoms with Crippen LogP contribution in [0.2, 0.25) is 0 Å². The van der Waals surface area contributed by atoms with Gasteiger partial charge in [-0.05, 0) is 37.1 Å². The van der Waals surface area contributed by atoms with Crippen LogP contribution in [-0.4, -0.2) is 26.4 Å². The minimum absolute atomic E-state index is 0.0120. The number of benzene rings is 1. The second kappa shape index (κ2) is 7.14. The standard InChI is InChI=1S/C18H18N4O2S/c23-17(12-25-18-20-19-13-22(18)15-8-9-15)21(11-16-7-4-10-24-16)14-5-2-1-3-6-14/h1-7,10,13,15H,8-9,11-12H2. The van der Waals surface area contributed by atoms with Crippen LogP contribution in [0.1, 0.15) is 24.6 Å². The smallest absolute Gasteiger partial charge is 0.237 e. The molecule has 0 spiro atoms. The zero-order valence-electron chi connectivity index (χ0n) is 13.6. The molecule has 2 heterocycles. The largest absolute Gasteiger partial charge is 0.467 e. The van der Waals surface area contributed by atoms with Gasteiger partial charge in [0.15, 0.2) is 5.16 Å². The molecule has 1 aliphatic rings. The number of para-hydroxylation sites is 1. The molecule has 0 atom stereocenters. The predicted octanol–water partition coefficient (Wildman–Crippen LogP) is 3.53. The van der Waals surface area contributed by atoms with Gasteiger partial charge in [-0.2, -0.15) is 0 Å². The summed E-state index contributed by atoms with van der Waals surface area (Å²) in [5, 5.41) is 8.93. The van der Waals surface area contributed by atoms with E-state index in [4.69, 9.17) is 4.42 Å². The summed E-state index contributed by atoms with van der Waals surface area (Å²) in [6.45, 7) is 0.408. The molecule has 25 heavy (non-hydrogen) atoms. The molecule has 0 radical (unpaired) electrons. The third-order valence-corrected chi connectivity index (χ3v) is 5.01. The Kier molecular flexibility index (Phi) is 4.56. The number of thioether (sulfide) groups is 1. The van der Waals surface area contributed by atoms with Crippen molar-refractivity contribution in [3.63, 3.8) is 0 Å². The summed E-state index contributed by atoms with van der Waals surface area (Å²) in [5.41, 5.74) is 0.855. The van der Waals surface area contributed by atoms with Gasteiger partial charge in [0.2, 0.25) is 5.91 Å². The Bertz CT molecular complexity index is 828. The number of carbonyl (C=O) groups excluding carboxylic acids is 1. The molecule has 1 aliphatic carbocycles. The first kappa shape index (κ1) is 16.0. The molecule has 6 nitrogen and oxygen atoms in total. The lowest BCUT2D eigenvalue weighted by molar-refractivity contribution is -0.116. The molecule has 3 aromatic rings. The number of aromatic nitrogens is 3. The van der Waals surface area contributed by atoms with Crippen molar-refractivity contribution < 1.29 is 9.21 Å². The van der Waals surface area contributed by atoms with Gasteiger partial charge in [0.05, 0.1) is 18.6 Å². The number of nitrogens with zero attached hydrogens (tertiary/aromatic N) is 4. The molecule has 128 valence electrons. The first-order chi connectivity index (χ1) is 12.3. The van der Waals surface area contributed by atoms with Crippen LogP contribution in [0.15, 0.2) is 64.6 Å². The summed E-state index contributed by atoms with van der Waals surface area (Å²) in [4.78, 5) is 14.6. The van der Waals surface area contributed by atoms with E-state index in [9.17, 15) is 4.79 Å². The second-order valence-electron chi connectivity index (χ2n) is 5.94. The van der Waals surface area contributed by atoms with Crippen molar-refractivity contribution in [2.45, 2.75) is 30.6 Å². The quantitative estimate of drug-likeness (QED) is 0.607. The molecular weight excluding hydrogens is 336 g/mol. The Balaban J connectivity index is 1.48. The Morgan fingerprint density at radius 1 is 1.24 bits per heavy atom. The van der Waals surface area contributed by atoms with Crippen LogP contribution in [0.25, 0.3) is 0 Å². The van der Waals surface area contributed by atoms with Gasteiger partial charge in [0.25, 0.3) is 0 Å². The molecule has 1 aromatic carbocycles. The summed E-state index contributed by atoms with van der Waals surface area (Å²) < 4.78 is 7.48. The second-order valence-corrected chi connectivity index (χ2v) is 6.88. The summed E-state index contributed by atoms with van der Waals surface area (Å²) in [5.74, 6) is 1.07. The van der Waals surface area contributed by atoms with Gasteiger partial charge in [-0.15, -0.1) is 10.2 Å². The zero-order chi connectivity index (χ0) is 17.1. The van der Waals surface area contributed by atoms with E-state index in [1.807, 2.05) is 42.5 Å². The molecule has 0 N–H and O–H groups in total. The number of carbonyl (C=O) groups is 1. The lowest BCUT2D eigenvalue weighted by Gasteiger charge is -2.21. The van der Waals surface area contributed by atoms with E-state index in [1.165, 1.54) is 11.8 Å². The SMILES string of the molecule is O=C(CSc1nncn1C1CC1)N(Cc1ccco1)c1ccccc1. The van der Waals surface area contributed by atoms with Crippen LogP contribution in [-0.2, 0) is 11.3 Å². The average Bonchev–Trinajstić information content (AvgIpc) is 3.16. The fourth-order valence-electron chi connectivity index (χ4n) is 2.63. The van der Waals surface area contributed by atoms with Crippen molar-refractivity contribution in [1.29, 1.82) is 0 Å². The third-order valence-electron chi connectivity index (χ3n) is 4.07. The van der Waals surface area contributed by atoms with E-state index >= 15 is 0 Å². The zero-order valence-corrected chi connectivity index (χ0v) is 14.4. The molecule has 0 aliphatic heterocycles. The van der Waals surface area contributed by atoms with Crippen molar-refractivity contribution in [1.82, 2.24) is 14.8 Å². The lowest BCUT2D eigenvalue weighted by Crippen LogP contribution is -2.31. The van der Waals surface area contributed by atoms with E-state index in [-0.39, 0.29) is 5.91 Å². The fraction of sp³-hybridized carbons (Fsp3) is 0.278. The van der Waals surface area contributed by atoms with Crippen molar-refractivity contribution >= 4 is 23.4 Å². The highest BCUT2D eigenvalue weighted by Gasteiger charge is 2.27.